The molecule has 1 aliphatic rings. The second-order valence-corrected chi connectivity index (χ2v) is 6.30. The van der Waals surface area contributed by atoms with Crippen LogP contribution in [-0.2, 0) is 11.3 Å². The first kappa shape index (κ1) is 17.0. The number of aromatic nitrogens is 1. The van der Waals surface area contributed by atoms with Gasteiger partial charge in [-0.05, 0) is 18.6 Å². The fourth-order valence-electron chi connectivity index (χ4n) is 3.03. The number of carbonyl (C=O) groups is 2. The van der Waals surface area contributed by atoms with Crippen LogP contribution in [0.2, 0.25) is 0 Å². The minimum Gasteiger partial charge on any atom is -0.619 e. The van der Waals surface area contributed by atoms with Gasteiger partial charge in [0, 0.05) is 38.7 Å². The van der Waals surface area contributed by atoms with Crippen molar-refractivity contribution in [2.75, 3.05) is 19.6 Å². The molecule has 25 heavy (non-hydrogen) atoms. The maximum absolute atomic E-state index is 12.6. The van der Waals surface area contributed by atoms with Crippen LogP contribution in [0.3, 0.4) is 0 Å². The van der Waals surface area contributed by atoms with Gasteiger partial charge in [0.25, 0.3) is 5.91 Å². The molecule has 0 atom stereocenters. The average molecular weight is 339 g/mol. The zero-order chi connectivity index (χ0) is 17.8. The fraction of sp³-hybridized carbons (Fsp3) is 0.316. The van der Waals surface area contributed by atoms with Crippen LogP contribution in [-0.4, -0.2) is 41.2 Å². The lowest BCUT2D eigenvalue weighted by Gasteiger charge is -2.22. The zero-order valence-corrected chi connectivity index (χ0v) is 14.2. The summed E-state index contributed by atoms with van der Waals surface area (Å²) in [7, 11) is 0. The van der Waals surface area contributed by atoms with Gasteiger partial charge in [0.05, 0.1) is 0 Å². The van der Waals surface area contributed by atoms with Crippen LogP contribution in [0.4, 0.5) is 0 Å². The highest BCUT2D eigenvalue weighted by atomic mass is 16.5. The molecule has 130 valence electrons. The summed E-state index contributed by atoms with van der Waals surface area (Å²) in [5.41, 5.74) is 2.59. The SMILES string of the molecule is Cc1cccc(CN2CCN(C(=O)c3ccc[n+]([O-])c3)CCC2=O)c1. The minimum atomic E-state index is -0.213. The molecule has 1 aliphatic heterocycles. The van der Waals surface area contributed by atoms with E-state index in [-0.39, 0.29) is 11.8 Å². The third kappa shape index (κ3) is 4.15. The Morgan fingerprint density at radius 3 is 2.80 bits per heavy atom. The molecule has 0 bridgehead atoms. The van der Waals surface area contributed by atoms with Gasteiger partial charge in [-0.1, -0.05) is 29.8 Å². The lowest BCUT2D eigenvalue weighted by Crippen LogP contribution is -2.37. The predicted molar refractivity (Wildman–Crippen MR) is 92.5 cm³/mol. The summed E-state index contributed by atoms with van der Waals surface area (Å²) in [5.74, 6) is -0.167. The highest BCUT2D eigenvalue weighted by Gasteiger charge is 2.25. The number of hydrogen-bond acceptors (Lipinski definition) is 3. The minimum absolute atomic E-state index is 0.0451. The number of carbonyl (C=O) groups excluding carboxylic acids is 2. The molecule has 0 N–H and O–H groups in total. The number of amides is 2. The van der Waals surface area contributed by atoms with Crippen LogP contribution in [0.25, 0.3) is 0 Å². The molecule has 1 fully saturated rings. The summed E-state index contributed by atoms with van der Waals surface area (Å²) >= 11 is 0. The zero-order valence-electron chi connectivity index (χ0n) is 14.2. The molecule has 6 heteroatoms. The van der Waals surface area contributed by atoms with Crippen molar-refractivity contribution in [3.63, 3.8) is 0 Å². The largest absolute Gasteiger partial charge is 0.619 e. The number of hydrogen-bond donors (Lipinski definition) is 0. The monoisotopic (exact) mass is 339 g/mol. The highest BCUT2D eigenvalue weighted by Crippen LogP contribution is 2.13. The van der Waals surface area contributed by atoms with E-state index < -0.39 is 0 Å². The Hall–Kier alpha value is -2.89. The van der Waals surface area contributed by atoms with Crippen LogP contribution in [0.15, 0.2) is 48.8 Å². The van der Waals surface area contributed by atoms with Gasteiger partial charge in [-0.2, -0.15) is 4.73 Å². The molecule has 0 saturated carbocycles. The van der Waals surface area contributed by atoms with Crippen molar-refractivity contribution >= 4 is 11.8 Å². The standard InChI is InChI=1S/C19H21N3O3/c1-15-4-2-5-16(12-15)13-21-11-10-20(9-7-18(21)23)19(24)17-6-3-8-22(25)14-17/h2-6,8,12,14H,7,9-11,13H2,1H3. The third-order valence-corrected chi connectivity index (χ3v) is 4.35. The Morgan fingerprint density at radius 1 is 1.20 bits per heavy atom. The molecular formula is C19H21N3O3. The predicted octanol–water partition coefficient (Wildman–Crippen LogP) is 1.50. The normalized spacial score (nSPS) is 15.2. The topological polar surface area (TPSA) is 67.6 Å². The summed E-state index contributed by atoms with van der Waals surface area (Å²) < 4.78 is 0.611. The number of pyridine rings is 1. The highest BCUT2D eigenvalue weighted by molar-refractivity contribution is 5.94. The number of aryl methyl sites for hydroxylation is 1. The Labute approximate surface area is 146 Å². The van der Waals surface area contributed by atoms with E-state index in [1.165, 1.54) is 12.4 Å². The van der Waals surface area contributed by atoms with Crippen molar-refractivity contribution in [1.82, 2.24) is 9.80 Å². The maximum Gasteiger partial charge on any atom is 0.260 e. The Bertz CT molecular complexity index is 791. The molecule has 3 rings (SSSR count). The van der Waals surface area contributed by atoms with Gasteiger partial charge in [-0.3, -0.25) is 9.59 Å². The van der Waals surface area contributed by atoms with Crippen molar-refractivity contribution in [2.45, 2.75) is 19.9 Å². The van der Waals surface area contributed by atoms with Gasteiger partial charge in [0.15, 0.2) is 12.4 Å². The van der Waals surface area contributed by atoms with Crippen molar-refractivity contribution < 1.29 is 14.3 Å². The Kier molecular flexibility index (Phi) is 4.97. The molecule has 1 saturated heterocycles. The summed E-state index contributed by atoms with van der Waals surface area (Å²) in [6.45, 7) is 3.90. The van der Waals surface area contributed by atoms with Gasteiger partial charge in [0.2, 0.25) is 5.91 Å². The van der Waals surface area contributed by atoms with E-state index >= 15 is 0 Å². The molecule has 2 aromatic rings. The van der Waals surface area contributed by atoms with Gasteiger partial charge < -0.3 is 15.0 Å². The summed E-state index contributed by atoms with van der Waals surface area (Å²) in [5, 5.41) is 11.4. The molecule has 0 spiro atoms. The van der Waals surface area contributed by atoms with Crippen LogP contribution in [0, 0.1) is 12.1 Å². The van der Waals surface area contributed by atoms with E-state index in [9.17, 15) is 14.8 Å². The van der Waals surface area contributed by atoms with Crippen molar-refractivity contribution in [2.24, 2.45) is 0 Å². The second kappa shape index (κ2) is 7.34. The van der Waals surface area contributed by atoms with Crippen molar-refractivity contribution in [3.8, 4) is 0 Å². The lowest BCUT2D eigenvalue weighted by atomic mass is 10.1. The van der Waals surface area contributed by atoms with Gasteiger partial charge in [-0.15, -0.1) is 0 Å². The Balaban J connectivity index is 1.68. The first-order chi connectivity index (χ1) is 12.0. The van der Waals surface area contributed by atoms with Crippen LogP contribution >= 0.6 is 0 Å². The molecule has 0 unspecified atom stereocenters. The Morgan fingerprint density at radius 2 is 2.04 bits per heavy atom. The van der Waals surface area contributed by atoms with E-state index in [1.807, 2.05) is 25.1 Å². The fourth-order valence-corrected chi connectivity index (χ4v) is 3.03. The van der Waals surface area contributed by atoms with Gasteiger partial charge >= 0.3 is 0 Å². The van der Waals surface area contributed by atoms with E-state index in [0.29, 0.717) is 42.9 Å². The van der Waals surface area contributed by atoms with Crippen LogP contribution in [0.5, 0.6) is 0 Å². The van der Waals surface area contributed by atoms with E-state index in [0.717, 1.165) is 11.1 Å². The number of benzene rings is 1. The molecule has 0 aliphatic carbocycles. The average Bonchev–Trinajstić information content (AvgIpc) is 2.77. The lowest BCUT2D eigenvalue weighted by molar-refractivity contribution is -0.605. The molecule has 1 aromatic heterocycles. The first-order valence-corrected chi connectivity index (χ1v) is 8.34. The molecule has 2 heterocycles. The molecule has 6 nitrogen and oxygen atoms in total. The second-order valence-electron chi connectivity index (χ2n) is 6.30. The summed E-state index contributed by atoms with van der Waals surface area (Å²) in [4.78, 5) is 28.4. The van der Waals surface area contributed by atoms with Crippen molar-refractivity contribution in [1.29, 1.82) is 0 Å². The van der Waals surface area contributed by atoms with Gasteiger partial charge in [-0.25, -0.2) is 0 Å². The molecule has 0 radical (unpaired) electrons. The van der Waals surface area contributed by atoms with E-state index in [2.05, 4.69) is 6.07 Å². The smallest absolute Gasteiger partial charge is 0.260 e. The third-order valence-electron chi connectivity index (χ3n) is 4.35. The van der Waals surface area contributed by atoms with Gasteiger partial charge in [0.1, 0.15) is 5.56 Å². The maximum atomic E-state index is 12.6. The summed E-state index contributed by atoms with van der Waals surface area (Å²) in [6.07, 6.45) is 2.90. The van der Waals surface area contributed by atoms with E-state index in [4.69, 9.17) is 0 Å². The number of nitrogens with zero attached hydrogens (tertiary/aromatic N) is 3. The van der Waals surface area contributed by atoms with Crippen LogP contribution < -0.4 is 4.73 Å². The van der Waals surface area contributed by atoms with E-state index in [1.54, 1.807) is 21.9 Å². The number of rotatable bonds is 3. The quantitative estimate of drug-likeness (QED) is 0.629. The van der Waals surface area contributed by atoms with Crippen LogP contribution in [0.1, 0.15) is 27.9 Å². The van der Waals surface area contributed by atoms with Crippen molar-refractivity contribution in [3.05, 3.63) is 70.7 Å². The first-order valence-electron chi connectivity index (χ1n) is 8.34. The summed E-state index contributed by atoms with van der Waals surface area (Å²) in [6, 6.07) is 11.2. The molecular weight excluding hydrogens is 318 g/mol. The molecule has 2 amide bonds. The molecule has 1 aromatic carbocycles.